The predicted molar refractivity (Wildman–Crippen MR) is 98.9 cm³/mol. The summed E-state index contributed by atoms with van der Waals surface area (Å²) in [6.45, 7) is 0. The number of aromatic amines is 1. The molecular weight excluding hydrogens is 316 g/mol. The van der Waals surface area contributed by atoms with Crippen LogP contribution in [0.2, 0.25) is 0 Å². The molecule has 116 valence electrons. The summed E-state index contributed by atoms with van der Waals surface area (Å²) >= 11 is 1.60. The molecule has 0 saturated carbocycles. The fourth-order valence-electron chi connectivity index (χ4n) is 2.48. The smallest absolute Gasteiger partial charge is 0.144 e. The summed E-state index contributed by atoms with van der Waals surface area (Å²) in [6, 6.07) is 20.2. The van der Waals surface area contributed by atoms with Crippen LogP contribution in [0.3, 0.4) is 0 Å². The van der Waals surface area contributed by atoms with Crippen molar-refractivity contribution < 1.29 is 0 Å². The van der Waals surface area contributed by atoms with Gasteiger partial charge in [-0.05, 0) is 18.2 Å². The van der Waals surface area contributed by atoms with Gasteiger partial charge in [-0.2, -0.15) is 5.10 Å². The molecule has 3 heterocycles. The Bertz CT molecular complexity index is 1000. The number of hydrogen-bond donors (Lipinski definition) is 1. The summed E-state index contributed by atoms with van der Waals surface area (Å²) in [5, 5.41) is 12.5. The monoisotopic (exact) mass is 330 g/mol. The van der Waals surface area contributed by atoms with Crippen LogP contribution in [0.25, 0.3) is 32.5 Å². The van der Waals surface area contributed by atoms with Crippen LogP contribution in [0.15, 0.2) is 78.4 Å². The lowest BCUT2D eigenvalue weighted by atomic mass is 10.2. The molecule has 0 aliphatic carbocycles. The van der Waals surface area contributed by atoms with Crippen LogP contribution in [-0.4, -0.2) is 20.2 Å². The zero-order valence-electron chi connectivity index (χ0n) is 12.8. The maximum atomic E-state index is 4.26. The van der Waals surface area contributed by atoms with Crippen LogP contribution in [0.1, 0.15) is 0 Å². The van der Waals surface area contributed by atoms with Gasteiger partial charge in [0, 0.05) is 28.5 Å². The van der Waals surface area contributed by atoms with Gasteiger partial charge in [-0.3, -0.25) is 10.1 Å². The maximum absolute atomic E-state index is 4.26. The second-order valence-corrected chi connectivity index (χ2v) is 6.05. The van der Waals surface area contributed by atoms with E-state index in [0.717, 1.165) is 27.1 Å². The summed E-state index contributed by atoms with van der Waals surface area (Å²) in [5.41, 5.74) is 3.05. The van der Waals surface area contributed by atoms with E-state index in [1.165, 1.54) is 5.39 Å². The average Bonchev–Trinajstić information content (AvgIpc) is 3.31. The highest BCUT2D eigenvalue weighted by molar-refractivity contribution is 7.13. The molecule has 0 atom stereocenters. The molecule has 0 spiro atoms. The van der Waals surface area contributed by atoms with Gasteiger partial charge in [-0.1, -0.05) is 42.5 Å². The Morgan fingerprint density at radius 2 is 1.62 bits per heavy atom. The van der Waals surface area contributed by atoms with E-state index in [-0.39, 0.29) is 0 Å². The van der Waals surface area contributed by atoms with Crippen molar-refractivity contribution in [2.75, 3.05) is 0 Å². The number of H-pyrrole nitrogens is 1. The molecule has 0 amide bonds. The topological polar surface area (TPSA) is 54.5 Å². The molecule has 3 aromatic heterocycles. The lowest BCUT2D eigenvalue weighted by molar-refractivity contribution is 1.12. The minimum absolute atomic E-state index is 0.940. The van der Waals surface area contributed by atoms with Crippen LogP contribution in [0, 0.1) is 0 Å². The molecule has 2 aromatic carbocycles. The Morgan fingerprint density at radius 3 is 2.50 bits per heavy atom. The van der Waals surface area contributed by atoms with E-state index in [0.29, 0.717) is 0 Å². The summed E-state index contributed by atoms with van der Waals surface area (Å²) in [5.74, 6) is 0. The highest BCUT2D eigenvalue weighted by atomic mass is 32.1. The van der Waals surface area contributed by atoms with Gasteiger partial charge < -0.3 is 0 Å². The number of hydrogen-bond acceptors (Lipinski definition) is 4. The first-order valence-corrected chi connectivity index (χ1v) is 8.42. The highest BCUT2D eigenvalue weighted by Crippen LogP contribution is 2.26. The largest absolute Gasteiger partial charge is 0.277 e. The summed E-state index contributed by atoms with van der Waals surface area (Å²) < 4.78 is 0. The Kier molecular flexibility index (Phi) is 4.00. The third-order valence-electron chi connectivity index (χ3n) is 3.62. The first kappa shape index (κ1) is 14.5. The Balaban J connectivity index is 0.000000129. The third-order valence-corrected chi connectivity index (χ3v) is 4.40. The average molecular weight is 330 g/mol. The SMILES string of the molecule is c1ccc2c(-c3nccs3)n[nH]c2c1.c1ccc2ncccc2c1. The fourth-order valence-corrected chi connectivity index (χ4v) is 3.12. The van der Waals surface area contributed by atoms with Crippen LogP contribution in [0.5, 0.6) is 0 Å². The van der Waals surface area contributed by atoms with E-state index in [1.54, 1.807) is 17.5 Å². The Labute approximate surface area is 142 Å². The van der Waals surface area contributed by atoms with E-state index >= 15 is 0 Å². The lowest BCUT2D eigenvalue weighted by Crippen LogP contribution is -1.75. The van der Waals surface area contributed by atoms with Gasteiger partial charge in [-0.25, -0.2) is 4.98 Å². The number of pyridine rings is 1. The minimum Gasteiger partial charge on any atom is -0.277 e. The number of rotatable bonds is 1. The van der Waals surface area contributed by atoms with Crippen LogP contribution in [0.4, 0.5) is 0 Å². The van der Waals surface area contributed by atoms with E-state index in [2.05, 4.69) is 38.4 Å². The van der Waals surface area contributed by atoms with Gasteiger partial charge in [0.15, 0.2) is 0 Å². The van der Waals surface area contributed by atoms with Gasteiger partial charge in [0.25, 0.3) is 0 Å². The first-order chi connectivity index (χ1) is 11.9. The van der Waals surface area contributed by atoms with E-state index in [9.17, 15) is 0 Å². The molecule has 0 fully saturated rings. The summed E-state index contributed by atoms with van der Waals surface area (Å²) in [4.78, 5) is 8.43. The lowest BCUT2D eigenvalue weighted by Gasteiger charge is -1.91. The van der Waals surface area contributed by atoms with Gasteiger partial charge in [0.1, 0.15) is 10.7 Å². The maximum Gasteiger partial charge on any atom is 0.144 e. The molecule has 0 unspecified atom stereocenters. The summed E-state index contributed by atoms with van der Waals surface area (Å²) in [7, 11) is 0. The van der Waals surface area contributed by atoms with Crippen LogP contribution >= 0.6 is 11.3 Å². The number of aromatic nitrogens is 4. The quantitative estimate of drug-likeness (QED) is 0.474. The number of thiazole rings is 1. The first-order valence-electron chi connectivity index (χ1n) is 7.54. The van der Waals surface area contributed by atoms with Crippen molar-refractivity contribution >= 4 is 33.1 Å². The number of nitrogens with one attached hydrogen (secondary N) is 1. The standard InChI is InChI=1S/C10H7N3S.C9H7N/c1-2-4-8-7(3-1)9(13-12-8)10-11-5-6-14-10;1-2-6-9-8(4-1)5-3-7-10-9/h1-6H,(H,12,13);1-7H. The molecule has 4 nitrogen and oxygen atoms in total. The Hall–Kier alpha value is -3.05. The van der Waals surface area contributed by atoms with E-state index in [1.807, 2.05) is 54.0 Å². The van der Waals surface area contributed by atoms with Gasteiger partial charge in [0.05, 0.1) is 11.0 Å². The molecule has 0 bridgehead atoms. The molecule has 5 heteroatoms. The molecule has 0 radical (unpaired) electrons. The fraction of sp³-hybridized carbons (Fsp3) is 0. The van der Waals surface area contributed by atoms with Crippen molar-refractivity contribution in [1.82, 2.24) is 20.2 Å². The Morgan fingerprint density at radius 1 is 0.792 bits per heavy atom. The number of benzene rings is 2. The van der Waals surface area contributed by atoms with Gasteiger partial charge in [-0.15, -0.1) is 11.3 Å². The van der Waals surface area contributed by atoms with Crippen molar-refractivity contribution in [2.45, 2.75) is 0 Å². The summed E-state index contributed by atoms with van der Waals surface area (Å²) in [6.07, 6.45) is 3.60. The number of nitrogens with zero attached hydrogens (tertiary/aromatic N) is 3. The molecule has 0 aliphatic rings. The van der Waals surface area contributed by atoms with Crippen LogP contribution in [-0.2, 0) is 0 Å². The van der Waals surface area contributed by atoms with Crippen LogP contribution < -0.4 is 0 Å². The van der Waals surface area contributed by atoms with Crippen molar-refractivity contribution in [1.29, 1.82) is 0 Å². The molecule has 5 aromatic rings. The van der Waals surface area contributed by atoms with Crippen molar-refractivity contribution in [2.24, 2.45) is 0 Å². The molecule has 24 heavy (non-hydrogen) atoms. The third kappa shape index (κ3) is 2.89. The minimum atomic E-state index is 0.940. The highest BCUT2D eigenvalue weighted by Gasteiger charge is 2.08. The van der Waals surface area contributed by atoms with E-state index in [4.69, 9.17) is 0 Å². The number of fused-ring (bicyclic) bond motifs is 2. The van der Waals surface area contributed by atoms with Gasteiger partial charge >= 0.3 is 0 Å². The molecule has 0 aliphatic heterocycles. The second kappa shape index (κ2) is 6.60. The molecule has 5 rings (SSSR count). The van der Waals surface area contributed by atoms with E-state index < -0.39 is 0 Å². The normalized spacial score (nSPS) is 10.5. The zero-order chi connectivity index (χ0) is 16.2. The molecular formula is C19H14N4S. The van der Waals surface area contributed by atoms with Crippen molar-refractivity contribution in [3.63, 3.8) is 0 Å². The second-order valence-electron chi connectivity index (χ2n) is 5.15. The molecule has 1 N–H and O–H groups in total. The van der Waals surface area contributed by atoms with Gasteiger partial charge in [0.2, 0.25) is 0 Å². The van der Waals surface area contributed by atoms with Crippen molar-refractivity contribution in [3.8, 4) is 10.7 Å². The number of para-hydroxylation sites is 2. The van der Waals surface area contributed by atoms with Crippen molar-refractivity contribution in [3.05, 3.63) is 78.4 Å². The zero-order valence-corrected chi connectivity index (χ0v) is 13.6. The predicted octanol–water partition coefficient (Wildman–Crippen LogP) is 4.92. The molecule has 0 saturated heterocycles.